The molecule has 4 heteroatoms. The van der Waals surface area contributed by atoms with Crippen molar-refractivity contribution in [2.75, 3.05) is 4.90 Å². The van der Waals surface area contributed by atoms with E-state index in [1.165, 1.54) is 11.3 Å². The zero-order valence-corrected chi connectivity index (χ0v) is 18.0. The molecule has 6 atom stereocenters. The summed E-state index contributed by atoms with van der Waals surface area (Å²) in [7, 11) is 0. The smallest absolute Gasteiger partial charge is 0.238 e. The van der Waals surface area contributed by atoms with Crippen LogP contribution in [-0.2, 0) is 9.59 Å². The van der Waals surface area contributed by atoms with E-state index in [1.54, 1.807) is 0 Å². The van der Waals surface area contributed by atoms with E-state index in [4.69, 9.17) is 4.74 Å². The fourth-order valence-electron chi connectivity index (χ4n) is 6.36. The summed E-state index contributed by atoms with van der Waals surface area (Å²) in [6.07, 6.45) is 5.58. The van der Waals surface area contributed by atoms with Gasteiger partial charge >= 0.3 is 0 Å². The molecule has 2 bridgehead atoms. The minimum absolute atomic E-state index is 0.0279. The van der Waals surface area contributed by atoms with Gasteiger partial charge in [0.2, 0.25) is 11.8 Å². The Hall–Kier alpha value is -3.66. The molecule has 2 saturated carbocycles. The Morgan fingerprint density at radius 2 is 1.15 bits per heavy atom. The number of carbonyl (C=O) groups excluding carboxylic acids is 2. The Morgan fingerprint density at radius 3 is 1.73 bits per heavy atom. The highest BCUT2D eigenvalue weighted by Crippen LogP contribution is 2.65. The van der Waals surface area contributed by atoms with Crippen LogP contribution in [0.1, 0.15) is 6.42 Å². The first kappa shape index (κ1) is 18.9. The Kier molecular flexibility index (Phi) is 3.95. The molecule has 0 radical (unpaired) electrons. The number of imide groups is 1. The maximum absolute atomic E-state index is 13.3. The molecule has 3 aromatic carbocycles. The lowest BCUT2D eigenvalue weighted by Crippen LogP contribution is -2.40. The Labute approximate surface area is 192 Å². The van der Waals surface area contributed by atoms with Crippen LogP contribution in [-0.4, -0.2) is 11.8 Å². The molecule has 0 unspecified atom stereocenters. The molecule has 2 amide bonds. The van der Waals surface area contributed by atoms with Crippen molar-refractivity contribution in [2.24, 2.45) is 35.5 Å². The van der Waals surface area contributed by atoms with Crippen LogP contribution >= 0.6 is 0 Å². The summed E-state index contributed by atoms with van der Waals surface area (Å²) >= 11 is 0. The summed E-state index contributed by atoms with van der Waals surface area (Å²) in [5, 5.41) is 0. The van der Waals surface area contributed by atoms with E-state index in [0.29, 0.717) is 23.3 Å². The van der Waals surface area contributed by atoms with E-state index in [0.717, 1.165) is 16.9 Å². The van der Waals surface area contributed by atoms with Crippen molar-refractivity contribution in [3.63, 3.8) is 0 Å². The van der Waals surface area contributed by atoms with Gasteiger partial charge in [-0.1, -0.05) is 54.6 Å². The lowest BCUT2D eigenvalue weighted by atomic mass is 9.63. The molecule has 0 N–H and O–H groups in total. The zero-order chi connectivity index (χ0) is 22.1. The molecule has 8 rings (SSSR count). The monoisotopic (exact) mass is 433 g/mol. The van der Waals surface area contributed by atoms with E-state index >= 15 is 0 Å². The van der Waals surface area contributed by atoms with E-state index in [9.17, 15) is 9.59 Å². The number of hydrogen-bond acceptors (Lipinski definition) is 3. The maximum Gasteiger partial charge on any atom is 0.238 e. The van der Waals surface area contributed by atoms with Crippen LogP contribution in [0.2, 0.25) is 0 Å². The van der Waals surface area contributed by atoms with Crippen LogP contribution in [0.25, 0.3) is 11.1 Å². The van der Waals surface area contributed by atoms with Gasteiger partial charge in [0.1, 0.15) is 11.5 Å². The number of anilines is 1. The van der Waals surface area contributed by atoms with Crippen molar-refractivity contribution in [2.45, 2.75) is 6.42 Å². The van der Waals surface area contributed by atoms with Gasteiger partial charge in [-0.15, -0.1) is 0 Å². The number of nitrogens with zero attached hydrogens (tertiary/aromatic N) is 1. The summed E-state index contributed by atoms with van der Waals surface area (Å²) in [6, 6.07) is 25.5. The largest absolute Gasteiger partial charge is 0.457 e. The van der Waals surface area contributed by atoms with Gasteiger partial charge in [0.05, 0.1) is 17.5 Å². The van der Waals surface area contributed by atoms with Crippen LogP contribution < -0.4 is 9.64 Å². The lowest BCUT2D eigenvalue weighted by molar-refractivity contribution is -0.124. The Bertz CT molecular complexity index is 1240. The molecule has 3 fully saturated rings. The molecule has 4 nitrogen and oxygen atoms in total. The van der Waals surface area contributed by atoms with Crippen LogP contribution in [0.15, 0.2) is 91.0 Å². The molecule has 5 aliphatic rings. The first-order chi connectivity index (χ1) is 16.2. The van der Waals surface area contributed by atoms with Crippen molar-refractivity contribution < 1.29 is 14.3 Å². The quantitative estimate of drug-likeness (QED) is 0.391. The van der Waals surface area contributed by atoms with Crippen molar-refractivity contribution in [1.82, 2.24) is 0 Å². The fraction of sp³-hybridized carbons (Fsp3) is 0.241. The molecule has 1 aliphatic heterocycles. The van der Waals surface area contributed by atoms with Gasteiger partial charge in [-0.05, 0) is 77.6 Å². The van der Waals surface area contributed by atoms with Gasteiger partial charge in [0, 0.05) is 0 Å². The number of amides is 2. The fourth-order valence-corrected chi connectivity index (χ4v) is 6.36. The SMILES string of the molecule is O=C1[C@@H]2[C@H]3C=C[C@@H]([C@@H]4C[C@H]34)[C@@H]2C(=O)N1c1ccc(Oc2ccc(-c3ccccc3)cc2)cc1. The number of rotatable bonds is 4. The molecular weight excluding hydrogens is 410 g/mol. The standard InChI is InChI=1S/C29H23NO3/c31-28-26-22-14-15-23(25-16-24(22)25)27(26)29(32)30(28)19-8-12-21(13-9-19)33-20-10-6-18(7-11-20)17-4-2-1-3-5-17/h1-15,22-27H,16H2/t22-,23-,24-,25+,26-,27+/m0/s1. The number of allylic oxidation sites excluding steroid dienone is 2. The first-order valence-electron chi connectivity index (χ1n) is 11.7. The van der Waals surface area contributed by atoms with E-state index < -0.39 is 0 Å². The molecule has 0 spiro atoms. The topological polar surface area (TPSA) is 46.6 Å². The number of ether oxygens (including phenoxy) is 1. The van der Waals surface area contributed by atoms with Gasteiger partial charge in [-0.25, -0.2) is 0 Å². The van der Waals surface area contributed by atoms with Crippen molar-refractivity contribution >= 4 is 17.5 Å². The predicted octanol–water partition coefficient (Wildman–Crippen LogP) is 5.70. The van der Waals surface area contributed by atoms with Crippen molar-refractivity contribution in [3.8, 4) is 22.6 Å². The molecule has 4 aliphatic carbocycles. The van der Waals surface area contributed by atoms with Crippen molar-refractivity contribution in [3.05, 3.63) is 91.0 Å². The summed E-state index contributed by atoms with van der Waals surface area (Å²) < 4.78 is 6.00. The molecule has 33 heavy (non-hydrogen) atoms. The third kappa shape index (κ3) is 2.83. The lowest BCUT2D eigenvalue weighted by Gasteiger charge is -2.37. The second-order valence-corrected chi connectivity index (χ2v) is 9.65. The Morgan fingerprint density at radius 1 is 0.636 bits per heavy atom. The normalized spacial score (nSPS) is 30.8. The minimum Gasteiger partial charge on any atom is -0.457 e. The summed E-state index contributed by atoms with van der Waals surface area (Å²) in [5.74, 6) is 2.73. The van der Waals surface area contributed by atoms with Gasteiger partial charge in [0.15, 0.2) is 0 Å². The average Bonchev–Trinajstić information content (AvgIpc) is 3.64. The number of carbonyl (C=O) groups is 2. The van der Waals surface area contributed by atoms with E-state index in [2.05, 4.69) is 24.3 Å². The summed E-state index contributed by atoms with van der Waals surface area (Å²) in [4.78, 5) is 28.0. The van der Waals surface area contributed by atoms with E-state index in [-0.39, 0.29) is 35.5 Å². The second kappa shape index (κ2) is 6.92. The molecule has 162 valence electrons. The van der Waals surface area contributed by atoms with Crippen LogP contribution in [0.4, 0.5) is 5.69 Å². The Balaban J connectivity index is 1.09. The third-order valence-corrected chi connectivity index (χ3v) is 7.95. The minimum atomic E-state index is -0.171. The van der Waals surface area contributed by atoms with Crippen molar-refractivity contribution in [1.29, 1.82) is 0 Å². The highest BCUT2D eigenvalue weighted by atomic mass is 16.5. The van der Waals surface area contributed by atoms with Gasteiger partial charge in [-0.3, -0.25) is 14.5 Å². The van der Waals surface area contributed by atoms with Crippen LogP contribution in [0.3, 0.4) is 0 Å². The molecule has 1 heterocycles. The summed E-state index contributed by atoms with van der Waals surface area (Å²) in [6.45, 7) is 0. The zero-order valence-electron chi connectivity index (χ0n) is 18.0. The highest BCUT2D eigenvalue weighted by Gasteiger charge is 2.67. The molecule has 1 saturated heterocycles. The molecule has 0 aromatic heterocycles. The van der Waals surface area contributed by atoms with Crippen LogP contribution in [0, 0.1) is 35.5 Å². The number of hydrogen-bond donors (Lipinski definition) is 0. The second-order valence-electron chi connectivity index (χ2n) is 9.65. The molecular formula is C29H23NO3. The molecule has 3 aromatic rings. The highest BCUT2D eigenvalue weighted by molar-refractivity contribution is 6.22. The first-order valence-corrected chi connectivity index (χ1v) is 11.7. The van der Waals surface area contributed by atoms with Gasteiger partial charge in [0.25, 0.3) is 0 Å². The van der Waals surface area contributed by atoms with Crippen LogP contribution in [0.5, 0.6) is 11.5 Å². The number of benzene rings is 3. The predicted molar refractivity (Wildman–Crippen MR) is 126 cm³/mol. The van der Waals surface area contributed by atoms with Gasteiger partial charge in [-0.2, -0.15) is 0 Å². The van der Waals surface area contributed by atoms with E-state index in [1.807, 2.05) is 66.7 Å². The summed E-state index contributed by atoms with van der Waals surface area (Å²) in [5.41, 5.74) is 2.93. The average molecular weight is 434 g/mol. The van der Waals surface area contributed by atoms with Gasteiger partial charge < -0.3 is 4.74 Å². The third-order valence-electron chi connectivity index (χ3n) is 7.95. The maximum atomic E-state index is 13.3.